The molecule has 1 N–H and O–H groups in total. The summed E-state index contributed by atoms with van der Waals surface area (Å²) in [7, 11) is 0. The van der Waals surface area contributed by atoms with Crippen LogP contribution in [0.1, 0.15) is 63.2 Å². The van der Waals surface area contributed by atoms with Crippen molar-refractivity contribution < 1.29 is 19.1 Å². The smallest absolute Gasteiger partial charge is 0.333 e. The van der Waals surface area contributed by atoms with Crippen LogP contribution in [-0.4, -0.2) is 31.3 Å². The van der Waals surface area contributed by atoms with Crippen LogP contribution in [0.3, 0.4) is 0 Å². The molecule has 3 heterocycles. The molecule has 1 atom stereocenters. The highest BCUT2D eigenvalue weighted by Crippen LogP contribution is 2.37. The first-order chi connectivity index (χ1) is 18.2. The van der Waals surface area contributed by atoms with Crippen molar-refractivity contribution in [2.24, 2.45) is 0 Å². The number of thiophene rings is 1. The van der Waals surface area contributed by atoms with Crippen LogP contribution in [0, 0.1) is 6.92 Å². The zero-order valence-electron chi connectivity index (χ0n) is 21.7. The Morgan fingerprint density at radius 3 is 2.55 bits per heavy atom. The van der Waals surface area contributed by atoms with Gasteiger partial charge >= 0.3 is 11.7 Å². The number of ether oxygens (including phenoxy) is 1. The highest BCUT2D eigenvalue weighted by atomic mass is 32.1. The molecule has 0 saturated heterocycles. The molecule has 0 aliphatic heterocycles. The standard InChI is InChI=1S/C28H31N3O6S/c1-17-21-24(32)31(28(2,3)26(33)34)27(35)30(25(21)38-22(17)23-29-14-15-36-23)16-20(18-10-6-4-7-11-18)37-19-12-8-5-9-13-19/h4,6-7,10-11,14-15,19-20H,5,8-9,12-13,16H2,1-3H3,(H,33,34). The number of hydrogen-bond acceptors (Lipinski definition) is 7. The zero-order chi connectivity index (χ0) is 27.0. The Morgan fingerprint density at radius 1 is 1.21 bits per heavy atom. The lowest BCUT2D eigenvalue weighted by molar-refractivity contribution is -0.146. The Balaban J connectivity index is 1.74. The maximum Gasteiger partial charge on any atom is 0.333 e. The molecule has 1 aliphatic carbocycles. The summed E-state index contributed by atoms with van der Waals surface area (Å²) >= 11 is 1.24. The van der Waals surface area contributed by atoms with Crippen molar-refractivity contribution in [1.82, 2.24) is 14.1 Å². The van der Waals surface area contributed by atoms with E-state index in [1.807, 2.05) is 30.3 Å². The number of carboxylic acid groups (broad SMARTS) is 1. The van der Waals surface area contributed by atoms with Crippen molar-refractivity contribution >= 4 is 27.5 Å². The third-order valence-electron chi connectivity index (χ3n) is 7.35. The van der Waals surface area contributed by atoms with E-state index in [1.165, 1.54) is 48.6 Å². The number of rotatable bonds is 8. The Morgan fingerprint density at radius 2 is 1.92 bits per heavy atom. The summed E-state index contributed by atoms with van der Waals surface area (Å²) in [5, 5.41) is 10.2. The van der Waals surface area contributed by atoms with E-state index in [0.29, 0.717) is 21.2 Å². The van der Waals surface area contributed by atoms with Gasteiger partial charge in [-0.3, -0.25) is 9.36 Å². The Bertz CT molecular complexity index is 1560. The van der Waals surface area contributed by atoms with Gasteiger partial charge in [0, 0.05) is 0 Å². The minimum atomic E-state index is -1.77. The molecular weight excluding hydrogens is 506 g/mol. The molecule has 10 heteroatoms. The average molecular weight is 538 g/mol. The fourth-order valence-corrected chi connectivity index (χ4v) is 6.37. The summed E-state index contributed by atoms with van der Waals surface area (Å²) < 4.78 is 14.5. The summed E-state index contributed by atoms with van der Waals surface area (Å²) in [4.78, 5) is 45.2. The van der Waals surface area contributed by atoms with Crippen LogP contribution in [0.5, 0.6) is 0 Å². The number of benzene rings is 1. The molecule has 0 spiro atoms. The number of hydrogen-bond donors (Lipinski definition) is 1. The van der Waals surface area contributed by atoms with E-state index in [0.717, 1.165) is 35.8 Å². The van der Waals surface area contributed by atoms with Gasteiger partial charge in [0.15, 0.2) is 0 Å². The van der Waals surface area contributed by atoms with Gasteiger partial charge in [-0.1, -0.05) is 49.6 Å². The lowest BCUT2D eigenvalue weighted by Gasteiger charge is -2.29. The highest BCUT2D eigenvalue weighted by Gasteiger charge is 2.36. The van der Waals surface area contributed by atoms with Gasteiger partial charge in [0.2, 0.25) is 5.89 Å². The van der Waals surface area contributed by atoms with E-state index in [9.17, 15) is 19.5 Å². The van der Waals surface area contributed by atoms with Gasteiger partial charge in [-0.25, -0.2) is 19.1 Å². The van der Waals surface area contributed by atoms with Crippen molar-refractivity contribution in [3.8, 4) is 10.8 Å². The van der Waals surface area contributed by atoms with Crippen molar-refractivity contribution in [1.29, 1.82) is 0 Å². The van der Waals surface area contributed by atoms with E-state index < -0.39 is 28.9 Å². The highest BCUT2D eigenvalue weighted by molar-refractivity contribution is 7.22. The molecule has 38 heavy (non-hydrogen) atoms. The number of nitrogens with zero attached hydrogens (tertiary/aromatic N) is 3. The molecule has 1 saturated carbocycles. The fourth-order valence-electron chi connectivity index (χ4n) is 5.13. The van der Waals surface area contributed by atoms with Gasteiger partial charge in [-0.15, -0.1) is 11.3 Å². The SMILES string of the molecule is Cc1c(-c2ncco2)sc2c1c(=O)n(C(C)(C)C(=O)O)c(=O)n2CC(OC1CCCCC1)c1ccccc1. The van der Waals surface area contributed by atoms with E-state index >= 15 is 0 Å². The maximum absolute atomic E-state index is 14.0. The molecule has 1 unspecified atom stereocenters. The second-order valence-electron chi connectivity index (χ2n) is 10.3. The minimum Gasteiger partial charge on any atom is -0.480 e. The van der Waals surface area contributed by atoms with Crippen LogP contribution in [0.15, 0.2) is 56.8 Å². The second kappa shape index (κ2) is 10.3. The zero-order valence-corrected chi connectivity index (χ0v) is 22.5. The average Bonchev–Trinajstić information content (AvgIpc) is 3.55. The summed E-state index contributed by atoms with van der Waals surface area (Å²) in [6.45, 7) is 4.60. The Kier molecular flexibility index (Phi) is 7.11. The molecule has 9 nitrogen and oxygen atoms in total. The predicted octanol–water partition coefficient (Wildman–Crippen LogP) is 5.10. The van der Waals surface area contributed by atoms with Gasteiger partial charge in [-0.05, 0) is 44.7 Å². The van der Waals surface area contributed by atoms with Gasteiger partial charge in [0.05, 0.1) is 29.1 Å². The third-order valence-corrected chi connectivity index (χ3v) is 8.65. The number of fused-ring (bicyclic) bond motifs is 1. The first-order valence-electron chi connectivity index (χ1n) is 12.8. The molecule has 1 fully saturated rings. The third kappa shape index (κ3) is 4.63. The monoisotopic (exact) mass is 537 g/mol. The molecule has 200 valence electrons. The largest absolute Gasteiger partial charge is 0.480 e. The Hall–Kier alpha value is -3.50. The van der Waals surface area contributed by atoms with Gasteiger partial charge < -0.3 is 14.3 Å². The summed E-state index contributed by atoms with van der Waals surface area (Å²) in [6, 6.07) is 9.70. The van der Waals surface area contributed by atoms with E-state index in [2.05, 4.69) is 4.98 Å². The van der Waals surface area contributed by atoms with Crippen LogP contribution in [-0.2, 0) is 21.6 Å². The predicted molar refractivity (Wildman–Crippen MR) is 145 cm³/mol. The summed E-state index contributed by atoms with van der Waals surface area (Å²) in [5.41, 5.74) is -1.61. The number of aryl methyl sites for hydroxylation is 1. The first-order valence-corrected chi connectivity index (χ1v) is 13.6. The molecule has 3 aromatic heterocycles. The second-order valence-corrected chi connectivity index (χ2v) is 11.3. The molecule has 1 aliphatic rings. The minimum absolute atomic E-state index is 0.0643. The normalized spacial score (nSPS) is 15.7. The topological polar surface area (TPSA) is 117 Å². The Labute approximate surface area is 223 Å². The van der Waals surface area contributed by atoms with Crippen molar-refractivity contribution in [3.63, 3.8) is 0 Å². The molecule has 0 radical (unpaired) electrons. The van der Waals surface area contributed by atoms with E-state index in [-0.39, 0.29) is 18.0 Å². The van der Waals surface area contributed by atoms with E-state index in [1.54, 1.807) is 6.92 Å². The lowest BCUT2D eigenvalue weighted by atomic mass is 9.97. The van der Waals surface area contributed by atoms with Crippen molar-refractivity contribution in [2.45, 2.75) is 77.2 Å². The number of carbonyl (C=O) groups is 1. The number of oxazole rings is 1. The maximum atomic E-state index is 14.0. The fraction of sp³-hybridized carbons (Fsp3) is 0.429. The van der Waals surface area contributed by atoms with Gasteiger partial charge in [-0.2, -0.15) is 0 Å². The van der Waals surface area contributed by atoms with E-state index in [4.69, 9.17) is 9.15 Å². The molecule has 4 aromatic rings. The van der Waals surface area contributed by atoms with Gasteiger partial charge in [0.1, 0.15) is 22.7 Å². The van der Waals surface area contributed by atoms with Crippen molar-refractivity contribution in [2.75, 3.05) is 0 Å². The number of aromatic nitrogens is 3. The molecule has 5 rings (SSSR count). The van der Waals surface area contributed by atoms with Crippen LogP contribution in [0.25, 0.3) is 21.0 Å². The number of aliphatic carboxylic acids is 1. The van der Waals surface area contributed by atoms with Crippen LogP contribution >= 0.6 is 11.3 Å². The van der Waals surface area contributed by atoms with Crippen LogP contribution < -0.4 is 11.2 Å². The van der Waals surface area contributed by atoms with Gasteiger partial charge in [0.25, 0.3) is 5.56 Å². The lowest BCUT2D eigenvalue weighted by Crippen LogP contribution is -2.52. The molecule has 1 aromatic carbocycles. The van der Waals surface area contributed by atoms with Crippen molar-refractivity contribution in [3.05, 3.63) is 74.8 Å². The summed E-state index contributed by atoms with van der Waals surface area (Å²) in [5.74, 6) is -0.939. The number of carboxylic acids is 1. The molecule has 0 bridgehead atoms. The molecular formula is C28H31N3O6S. The molecule has 0 amide bonds. The van der Waals surface area contributed by atoms with Crippen LogP contribution in [0.2, 0.25) is 0 Å². The quantitative estimate of drug-likeness (QED) is 0.332. The first kappa shape index (κ1) is 26.1. The van der Waals surface area contributed by atoms with Crippen LogP contribution in [0.4, 0.5) is 0 Å². The summed E-state index contributed by atoms with van der Waals surface area (Å²) in [6.07, 6.45) is 7.83.